The van der Waals surface area contributed by atoms with Crippen LogP contribution >= 0.6 is 0 Å². The predicted octanol–water partition coefficient (Wildman–Crippen LogP) is 3.20. The molecule has 12 N–H and O–H groups in total. The molecule has 0 aromatic heterocycles. The third-order valence-electron chi connectivity index (χ3n) is 6.09. The molecule has 0 radical (unpaired) electrons. The molecule has 0 heterocycles. The first-order valence-electron chi connectivity index (χ1n) is 11.0. The number of phenolic OH excluding ortho intramolecular Hbond substituents is 1. The second kappa shape index (κ2) is 9.44. The van der Waals surface area contributed by atoms with Gasteiger partial charge in [0, 0.05) is 11.4 Å². The zero-order chi connectivity index (χ0) is 27.0. The van der Waals surface area contributed by atoms with E-state index in [9.17, 15) is 30.0 Å². The van der Waals surface area contributed by atoms with Crippen molar-refractivity contribution in [3.63, 3.8) is 0 Å². The molecule has 0 amide bonds. The molecule has 4 rings (SSSR count). The fraction of sp³-hybridized carbons (Fsp3) is 0.0370. The van der Waals surface area contributed by atoms with Crippen LogP contribution in [0.15, 0.2) is 78.1 Å². The molecule has 0 aliphatic heterocycles. The van der Waals surface area contributed by atoms with Crippen molar-refractivity contribution in [1.29, 1.82) is 0 Å². The summed E-state index contributed by atoms with van der Waals surface area (Å²) in [6, 6.07) is 12.1. The monoisotopic (exact) mass is 500 g/mol. The van der Waals surface area contributed by atoms with Gasteiger partial charge in [0.1, 0.15) is 11.5 Å². The zero-order valence-corrected chi connectivity index (χ0v) is 19.3. The van der Waals surface area contributed by atoms with Gasteiger partial charge in [-0.15, -0.1) is 0 Å². The summed E-state index contributed by atoms with van der Waals surface area (Å²) in [5.74, 6) is -2.82. The van der Waals surface area contributed by atoms with Gasteiger partial charge in [-0.3, -0.25) is 0 Å². The van der Waals surface area contributed by atoms with E-state index in [1.807, 2.05) is 0 Å². The van der Waals surface area contributed by atoms with E-state index in [2.05, 4.69) is 0 Å². The average molecular weight is 501 g/mol. The Bertz CT molecular complexity index is 1490. The molecule has 1 aliphatic carbocycles. The van der Waals surface area contributed by atoms with Crippen molar-refractivity contribution < 1.29 is 30.0 Å². The molecule has 0 saturated heterocycles. The summed E-state index contributed by atoms with van der Waals surface area (Å²) in [6.07, 6.45) is 3.02. The van der Waals surface area contributed by atoms with Gasteiger partial charge in [-0.1, -0.05) is 24.3 Å². The Morgan fingerprint density at radius 2 is 1.24 bits per heavy atom. The number of allylic oxidation sites excluding steroid dienone is 2. The lowest BCUT2D eigenvalue weighted by atomic mass is 9.80. The van der Waals surface area contributed by atoms with Gasteiger partial charge in [0.25, 0.3) is 0 Å². The number of aromatic carboxylic acids is 2. The minimum Gasteiger partial charge on any atom is -0.510 e. The number of anilines is 3. The normalized spacial score (nSPS) is 15.1. The van der Waals surface area contributed by atoms with E-state index >= 15 is 0 Å². The van der Waals surface area contributed by atoms with Gasteiger partial charge < -0.3 is 43.4 Å². The van der Waals surface area contributed by atoms with Crippen molar-refractivity contribution >= 4 is 40.1 Å². The lowest BCUT2D eigenvalue weighted by Gasteiger charge is -2.27. The van der Waals surface area contributed by atoms with Crippen molar-refractivity contribution in [2.45, 2.75) is 6.04 Å². The number of carboxylic acid groups (broad SMARTS) is 2. The van der Waals surface area contributed by atoms with Crippen molar-refractivity contribution in [2.75, 3.05) is 17.2 Å². The quantitative estimate of drug-likeness (QED) is 0.189. The van der Waals surface area contributed by atoms with E-state index in [-0.39, 0.29) is 39.7 Å². The van der Waals surface area contributed by atoms with Crippen LogP contribution in [0.25, 0.3) is 11.1 Å². The Labute approximate surface area is 211 Å². The Morgan fingerprint density at radius 1 is 0.703 bits per heavy atom. The number of nitrogen functional groups attached to an aromatic ring is 3. The first-order chi connectivity index (χ1) is 17.5. The molecule has 0 spiro atoms. The maximum absolute atomic E-state index is 11.9. The van der Waals surface area contributed by atoms with E-state index < -0.39 is 18.0 Å². The molecule has 37 heavy (non-hydrogen) atoms. The van der Waals surface area contributed by atoms with E-state index in [0.717, 1.165) is 0 Å². The van der Waals surface area contributed by atoms with E-state index in [0.29, 0.717) is 33.4 Å². The minimum atomic E-state index is -1.26. The highest BCUT2D eigenvalue weighted by atomic mass is 16.4. The third kappa shape index (κ3) is 4.56. The number of carbonyl (C=O) groups is 2. The molecular weight excluding hydrogens is 476 g/mol. The summed E-state index contributed by atoms with van der Waals surface area (Å²) in [4.78, 5) is 23.7. The number of benzene rings is 3. The molecule has 0 fully saturated rings. The second-order valence-corrected chi connectivity index (χ2v) is 8.43. The summed E-state index contributed by atoms with van der Waals surface area (Å²) in [5.41, 5.74) is 26.4. The Balaban J connectivity index is 2.13. The fourth-order valence-corrected chi connectivity index (χ4v) is 4.21. The molecule has 1 aliphatic rings. The summed E-state index contributed by atoms with van der Waals surface area (Å²) >= 11 is 0. The first-order valence-corrected chi connectivity index (χ1v) is 11.0. The first kappa shape index (κ1) is 24.9. The van der Waals surface area contributed by atoms with Crippen LogP contribution in [0.2, 0.25) is 0 Å². The molecule has 188 valence electrons. The second-order valence-electron chi connectivity index (χ2n) is 8.43. The number of hydrogen-bond acceptors (Lipinski definition) is 8. The van der Waals surface area contributed by atoms with Gasteiger partial charge in [0.2, 0.25) is 0 Å². The van der Waals surface area contributed by atoms with Crippen LogP contribution in [0, 0.1) is 0 Å². The topological polar surface area (TPSA) is 219 Å². The summed E-state index contributed by atoms with van der Waals surface area (Å²) in [7, 11) is 0. The van der Waals surface area contributed by atoms with Gasteiger partial charge in [0.15, 0.2) is 0 Å². The molecular formula is C27H24N4O6. The van der Waals surface area contributed by atoms with Crippen LogP contribution in [-0.2, 0) is 0 Å². The Kier molecular flexibility index (Phi) is 6.35. The van der Waals surface area contributed by atoms with E-state index in [1.165, 1.54) is 42.5 Å². The maximum atomic E-state index is 11.9. The molecule has 10 nitrogen and oxygen atoms in total. The average Bonchev–Trinajstić information content (AvgIpc) is 2.85. The number of nitrogens with two attached hydrogens (primary N) is 4. The highest BCUT2D eigenvalue weighted by Gasteiger charge is 2.28. The molecule has 10 heteroatoms. The SMILES string of the molecule is Nc1cc(C2=CC=C(O)C(N)C2=C(c2ccc(N)c(C(=O)O)c2)c2ccc(N)c(C(=O)O)c2)ccc1O. The molecule has 3 aromatic carbocycles. The summed E-state index contributed by atoms with van der Waals surface area (Å²) in [5, 5.41) is 39.9. The van der Waals surface area contributed by atoms with Gasteiger partial charge in [-0.2, -0.15) is 0 Å². The third-order valence-corrected chi connectivity index (χ3v) is 6.09. The number of hydrogen-bond donors (Lipinski definition) is 8. The van der Waals surface area contributed by atoms with Crippen LogP contribution in [0.1, 0.15) is 37.4 Å². The lowest BCUT2D eigenvalue weighted by molar-refractivity contribution is 0.0687. The van der Waals surface area contributed by atoms with Crippen molar-refractivity contribution in [2.24, 2.45) is 5.73 Å². The number of aromatic hydroxyl groups is 1. The number of rotatable bonds is 5. The van der Waals surface area contributed by atoms with Crippen LogP contribution in [0.4, 0.5) is 17.1 Å². The number of carboxylic acids is 2. The van der Waals surface area contributed by atoms with Crippen LogP contribution in [0.5, 0.6) is 5.75 Å². The van der Waals surface area contributed by atoms with Crippen molar-refractivity contribution in [3.8, 4) is 5.75 Å². The molecule has 1 atom stereocenters. The van der Waals surface area contributed by atoms with Gasteiger partial charge in [-0.25, -0.2) is 9.59 Å². The predicted molar refractivity (Wildman–Crippen MR) is 141 cm³/mol. The van der Waals surface area contributed by atoms with Gasteiger partial charge in [-0.05, 0) is 75.9 Å². The Morgan fingerprint density at radius 3 is 1.73 bits per heavy atom. The smallest absolute Gasteiger partial charge is 0.337 e. The fourth-order valence-electron chi connectivity index (χ4n) is 4.21. The standard InChI is InChI=1S/C27H24N4O6/c28-18-5-1-13(9-16(18)26(34)35)23(14-2-6-19(29)17(10-14)27(36)37)24-15(4-8-22(33)25(24)31)12-3-7-21(32)20(30)11-12/h1-11,25,32-33H,28-31H2,(H,34,35)(H,36,37). The summed E-state index contributed by atoms with van der Waals surface area (Å²) in [6.45, 7) is 0. The largest absolute Gasteiger partial charge is 0.510 e. The van der Waals surface area contributed by atoms with E-state index in [4.69, 9.17) is 22.9 Å². The number of aliphatic hydroxyl groups is 1. The molecule has 0 bridgehead atoms. The highest BCUT2D eigenvalue weighted by molar-refractivity contribution is 6.02. The van der Waals surface area contributed by atoms with Crippen LogP contribution in [0.3, 0.4) is 0 Å². The Hall–Kier alpha value is -5.22. The van der Waals surface area contributed by atoms with Crippen molar-refractivity contribution in [1.82, 2.24) is 0 Å². The minimum absolute atomic E-state index is 0.0295. The zero-order valence-electron chi connectivity index (χ0n) is 19.3. The van der Waals surface area contributed by atoms with Gasteiger partial charge >= 0.3 is 11.9 Å². The van der Waals surface area contributed by atoms with Gasteiger partial charge in [0.05, 0.1) is 22.9 Å². The number of aliphatic hydroxyl groups excluding tert-OH is 1. The summed E-state index contributed by atoms with van der Waals surface area (Å²) < 4.78 is 0. The lowest BCUT2D eigenvalue weighted by Crippen LogP contribution is -2.29. The van der Waals surface area contributed by atoms with Crippen molar-refractivity contribution in [3.05, 3.63) is 106 Å². The maximum Gasteiger partial charge on any atom is 0.337 e. The molecule has 1 unspecified atom stereocenters. The van der Waals surface area contributed by atoms with Crippen LogP contribution in [-0.4, -0.2) is 38.4 Å². The van der Waals surface area contributed by atoms with Crippen LogP contribution < -0.4 is 22.9 Å². The van der Waals surface area contributed by atoms with E-state index in [1.54, 1.807) is 24.3 Å². The highest BCUT2D eigenvalue weighted by Crippen LogP contribution is 2.41. The molecule has 0 saturated carbocycles. The number of phenols is 1. The molecule has 3 aromatic rings.